The van der Waals surface area contributed by atoms with Crippen molar-refractivity contribution in [3.05, 3.63) is 53.3 Å². The van der Waals surface area contributed by atoms with E-state index in [0.717, 1.165) is 29.0 Å². The molecule has 0 aromatic heterocycles. The topological polar surface area (TPSA) is 52.0 Å². The van der Waals surface area contributed by atoms with Crippen LogP contribution in [0, 0.1) is 0 Å². The van der Waals surface area contributed by atoms with Crippen LogP contribution in [-0.4, -0.2) is 0 Å². The third-order valence-corrected chi connectivity index (χ3v) is 5.30. The fourth-order valence-electron chi connectivity index (χ4n) is 1.59. The summed E-state index contributed by atoms with van der Waals surface area (Å²) < 4.78 is 3.47. The van der Waals surface area contributed by atoms with Gasteiger partial charge in [-0.3, -0.25) is 0 Å². The maximum absolute atomic E-state index is 5.87. The maximum atomic E-state index is 5.87. The molecule has 0 radical (unpaired) electrons. The van der Waals surface area contributed by atoms with E-state index in [9.17, 15) is 0 Å². The summed E-state index contributed by atoms with van der Waals surface area (Å²) in [5.74, 6) is 0. The number of hydrogen-bond donors (Lipinski definition) is 2. The van der Waals surface area contributed by atoms with Crippen LogP contribution in [0.2, 0.25) is 0 Å². The highest BCUT2D eigenvalue weighted by atomic mass is 79.9. The number of rotatable bonds is 2. The smallest absolute Gasteiger partial charge is 0.0603 e. The average Bonchev–Trinajstić information content (AvgIpc) is 2.39. The van der Waals surface area contributed by atoms with Gasteiger partial charge in [0, 0.05) is 17.9 Å². The lowest BCUT2D eigenvalue weighted by molar-refractivity contribution is 1.54. The summed E-state index contributed by atoms with van der Waals surface area (Å²) in [5.41, 5.74) is 15.2. The second kappa shape index (κ2) is 6.64. The summed E-state index contributed by atoms with van der Waals surface area (Å²) in [7, 11) is 0. The van der Waals surface area contributed by atoms with Crippen LogP contribution in [0.1, 0.15) is 11.1 Å². The number of anilines is 2. The normalized spacial score (nSPS) is 11.2. The average molecular weight is 526 g/mol. The molecule has 0 spiro atoms. The van der Waals surface area contributed by atoms with Gasteiger partial charge < -0.3 is 11.5 Å². The van der Waals surface area contributed by atoms with Crippen molar-refractivity contribution >= 4 is 87.2 Å². The van der Waals surface area contributed by atoms with Crippen LogP contribution in [0.25, 0.3) is 12.2 Å². The number of hydrogen-bond acceptors (Lipinski definition) is 2. The van der Waals surface area contributed by atoms with E-state index >= 15 is 0 Å². The minimum Gasteiger partial charge on any atom is -0.397 e. The molecule has 0 amide bonds. The molecule has 0 saturated carbocycles. The van der Waals surface area contributed by atoms with Crippen molar-refractivity contribution < 1.29 is 0 Å². The van der Waals surface area contributed by atoms with Crippen LogP contribution in [0.4, 0.5) is 11.4 Å². The zero-order chi connectivity index (χ0) is 14.9. The summed E-state index contributed by atoms with van der Waals surface area (Å²) in [5, 5.41) is 0. The molecular formula is C14H10Br4N2. The van der Waals surface area contributed by atoms with Gasteiger partial charge in [0.1, 0.15) is 0 Å². The monoisotopic (exact) mass is 522 g/mol. The summed E-state index contributed by atoms with van der Waals surface area (Å²) in [6.45, 7) is 0. The molecule has 4 N–H and O–H groups in total. The molecule has 0 fully saturated rings. The first kappa shape index (κ1) is 16.1. The summed E-state index contributed by atoms with van der Waals surface area (Å²) in [4.78, 5) is 0. The first-order valence-electron chi connectivity index (χ1n) is 5.55. The Hall–Kier alpha value is -0.300. The van der Waals surface area contributed by atoms with Crippen LogP contribution < -0.4 is 11.5 Å². The van der Waals surface area contributed by atoms with Crippen LogP contribution in [0.3, 0.4) is 0 Å². The van der Waals surface area contributed by atoms with Crippen LogP contribution >= 0.6 is 63.7 Å². The summed E-state index contributed by atoms with van der Waals surface area (Å²) in [6, 6.07) is 7.88. The number of halogens is 4. The molecule has 0 aliphatic heterocycles. The van der Waals surface area contributed by atoms with Gasteiger partial charge in [-0.15, -0.1) is 0 Å². The number of nitrogens with two attached hydrogens (primary N) is 2. The van der Waals surface area contributed by atoms with Gasteiger partial charge in [0.25, 0.3) is 0 Å². The third-order valence-electron chi connectivity index (χ3n) is 2.67. The lowest BCUT2D eigenvalue weighted by Gasteiger charge is -2.05. The zero-order valence-electron chi connectivity index (χ0n) is 10.1. The maximum Gasteiger partial charge on any atom is 0.0603 e. The lowest BCUT2D eigenvalue weighted by Crippen LogP contribution is -1.90. The molecule has 2 nitrogen and oxygen atoms in total. The molecule has 0 atom stereocenters. The van der Waals surface area contributed by atoms with Gasteiger partial charge >= 0.3 is 0 Å². The molecule has 104 valence electrons. The highest BCUT2D eigenvalue weighted by molar-refractivity contribution is 9.11. The van der Waals surface area contributed by atoms with Gasteiger partial charge in [0.2, 0.25) is 0 Å². The molecule has 2 aromatic rings. The SMILES string of the molecule is Nc1c(Br)cc(/C=C/c2cc(Br)c(N)c(Br)c2)cc1Br. The standard InChI is InChI=1S/C14H10Br4N2/c15-9-3-7(4-10(16)13(9)19)1-2-8-5-11(17)14(20)12(18)6-8/h1-6H,19-20H2/b2-1+. The predicted octanol–water partition coefficient (Wildman–Crippen LogP) is 6.07. The Bertz CT molecular complexity index is 590. The first-order chi connectivity index (χ1) is 9.38. The molecule has 0 aliphatic rings. The van der Waals surface area contributed by atoms with Gasteiger partial charge in [-0.25, -0.2) is 0 Å². The minimum atomic E-state index is 0.695. The van der Waals surface area contributed by atoms with Crippen LogP contribution in [0.15, 0.2) is 42.2 Å². The Morgan fingerprint density at radius 1 is 0.600 bits per heavy atom. The van der Waals surface area contributed by atoms with Crippen molar-refractivity contribution in [3.8, 4) is 0 Å². The number of benzene rings is 2. The van der Waals surface area contributed by atoms with Crippen molar-refractivity contribution in [3.63, 3.8) is 0 Å². The molecule has 0 aliphatic carbocycles. The molecule has 2 aromatic carbocycles. The minimum absolute atomic E-state index is 0.695. The largest absolute Gasteiger partial charge is 0.397 e. The van der Waals surface area contributed by atoms with E-state index in [0.29, 0.717) is 11.4 Å². The Morgan fingerprint density at radius 3 is 1.10 bits per heavy atom. The van der Waals surface area contributed by atoms with Crippen molar-refractivity contribution in [2.75, 3.05) is 11.5 Å². The molecular weight excluding hydrogens is 516 g/mol. The predicted molar refractivity (Wildman–Crippen MR) is 101 cm³/mol. The van der Waals surface area contributed by atoms with E-state index < -0.39 is 0 Å². The van der Waals surface area contributed by atoms with Gasteiger partial charge in [-0.05, 0) is 99.1 Å². The van der Waals surface area contributed by atoms with E-state index in [1.807, 2.05) is 36.4 Å². The Kier molecular flexibility index (Phi) is 5.34. The van der Waals surface area contributed by atoms with Gasteiger partial charge in [0.15, 0.2) is 0 Å². The molecule has 2 rings (SSSR count). The van der Waals surface area contributed by atoms with Gasteiger partial charge in [0.05, 0.1) is 11.4 Å². The van der Waals surface area contributed by atoms with Crippen molar-refractivity contribution in [1.82, 2.24) is 0 Å². The van der Waals surface area contributed by atoms with Crippen molar-refractivity contribution in [1.29, 1.82) is 0 Å². The molecule has 20 heavy (non-hydrogen) atoms. The van der Waals surface area contributed by atoms with E-state index in [-0.39, 0.29) is 0 Å². The second-order valence-electron chi connectivity index (χ2n) is 4.13. The fraction of sp³-hybridized carbons (Fsp3) is 0. The Labute approximate surface area is 151 Å². The number of nitrogen functional groups attached to an aromatic ring is 2. The van der Waals surface area contributed by atoms with E-state index in [1.165, 1.54) is 0 Å². The van der Waals surface area contributed by atoms with E-state index in [4.69, 9.17) is 11.5 Å². The van der Waals surface area contributed by atoms with Gasteiger partial charge in [-0.2, -0.15) is 0 Å². The highest BCUT2D eigenvalue weighted by Crippen LogP contribution is 2.32. The lowest BCUT2D eigenvalue weighted by atomic mass is 10.1. The first-order valence-corrected chi connectivity index (χ1v) is 8.73. The summed E-state index contributed by atoms with van der Waals surface area (Å²) in [6.07, 6.45) is 4.03. The second-order valence-corrected chi connectivity index (χ2v) is 7.55. The van der Waals surface area contributed by atoms with Gasteiger partial charge in [-0.1, -0.05) is 12.2 Å². The fourth-order valence-corrected chi connectivity index (χ4v) is 4.04. The molecule has 0 heterocycles. The quantitative estimate of drug-likeness (QED) is 0.369. The summed E-state index contributed by atoms with van der Waals surface area (Å²) >= 11 is 13.7. The van der Waals surface area contributed by atoms with E-state index in [1.54, 1.807) is 0 Å². The Morgan fingerprint density at radius 2 is 0.850 bits per heavy atom. The molecule has 0 unspecified atom stereocenters. The highest BCUT2D eigenvalue weighted by Gasteiger charge is 2.04. The van der Waals surface area contributed by atoms with E-state index in [2.05, 4.69) is 63.7 Å². The van der Waals surface area contributed by atoms with Crippen molar-refractivity contribution in [2.45, 2.75) is 0 Å². The zero-order valence-corrected chi connectivity index (χ0v) is 16.5. The van der Waals surface area contributed by atoms with Crippen LogP contribution in [0.5, 0.6) is 0 Å². The molecule has 0 bridgehead atoms. The molecule has 0 saturated heterocycles. The Balaban J connectivity index is 2.35. The molecule has 6 heteroatoms. The van der Waals surface area contributed by atoms with Crippen molar-refractivity contribution in [2.24, 2.45) is 0 Å². The van der Waals surface area contributed by atoms with Crippen LogP contribution in [-0.2, 0) is 0 Å². The third kappa shape index (κ3) is 3.67.